The van der Waals surface area contributed by atoms with E-state index in [9.17, 15) is 4.79 Å². The fourth-order valence-electron chi connectivity index (χ4n) is 2.76. The van der Waals surface area contributed by atoms with E-state index in [4.69, 9.17) is 0 Å². The maximum absolute atomic E-state index is 12.5. The molecule has 1 fully saturated rings. The molecule has 0 saturated carbocycles. The minimum Gasteiger partial charge on any atom is -0.339 e. The summed E-state index contributed by atoms with van der Waals surface area (Å²) in [5, 5.41) is 14.6. The van der Waals surface area contributed by atoms with Crippen LogP contribution in [0.3, 0.4) is 0 Å². The molecule has 3 heterocycles. The van der Waals surface area contributed by atoms with Crippen molar-refractivity contribution in [1.29, 1.82) is 0 Å². The van der Waals surface area contributed by atoms with Crippen molar-refractivity contribution in [2.75, 3.05) is 31.9 Å². The molecule has 0 atom stereocenters. The standard InChI is InChI=1S/C16H24N6OS2/c1-13(2)10-22-16(17-18-19-22)25-12-15(23)21-7-5-20(6-8-21)11-14-4-3-9-24-14/h3-4,9,13H,5-8,10-12H2,1-2H3. The zero-order valence-corrected chi connectivity index (χ0v) is 16.3. The third-order valence-corrected chi connectivity index (χ3v) is 5.85. The molecular weight excluding hydrogens is 356 g/mol. The zero-order chi connectivity index (χ0) is 17.6. The molecule has 0 bridgehead atoms. The van der Waals surface area contributed by atoms with E-state index >= 15 is 0 Å². The van der Waals surface area contributed by atoms with Gasteiger partial charge in [-0.1, -0.05) is 31.7 Å². The van der Waals surface area contributed by atoms with Crippen molar-refractivity contribution >= 4 is 29.0 Å². The molecule has 2 aromatic heterocycles. The summed E-state index contributed by atoms with van der Waals surface area (Å²) in [6.45, 7) is 9.44. The Bertz CT molecular complexity index is 664. The Morgan fingerprint density at radius 3 is 2.80 bits per heavy atom. The number of tetrazole rings is 1. The van der Waals surface area contributed by atoms with E-state index in [1.54, 1.807) is 16.0 Å². The Hall–Kier alpha value is -1.45. The van der Waals surface area contributed by atoms with Gasteiger partial charge in [0, 0.05) is 44.1 Å². The number of piperazine rings is 1. The van der Waals surface area contributed by atoms with Gasteiger partial charge in [0.1, 0.15) is 0 Å². The molecule has 7 nitrogen and oxygen atoms in total. The summed E-state index contributed by atoms with van der Waals surface area (Å²) < 4.78 is 1.78. The van der Waals surface area contributed by atoms with Gasteiger partial charge in [-0.25, -0.2) is 4.68 Å². The SMILES string of the molecule is CC(C)Cn1nnnc1SCC(=O)N1CCN(Cc2cccs2)CC1. The molecule has 9 heteroatoms. The van der Waals surface area contributed by atoms with E-state index < -0.39 is 0 Å². The van der Waals surface area contributed by atoms with Crippen molar-refractivity contribution in [2.45, 2.75) is 32.1 Å². The van der Waals surface area contributed by atoms with E-state index in [0.717, 1.165) is 44.4 Å². The van der Waals surface area contributed by atoms with Gasteiger partial charge >= 0.3 is 0 Å². The van der Waals surface area contributed by atoms with Crippen LogP contribution in [0.1, 0.15) is 18.7 Å². The number of carbonyl (C=O) groups is 1. The van der Waals surface area contributed by atoms with E-state index in [-0.39, 0.29) is 5.91 Å². The summed E-state index contributed by atoms with van der Waals surface area (Å²) in [7, 11) is 0. The number of carbonyl (C=O) groups excluding carboxylic acids is 1. The topological polar surface area (TPSA) is 67.2 Å². The van der Waals surface area contributed by atoms with Crippen LogP contribution in [-0.4, -0.2) is 67.8 Å². The largest absolute Gasteiger partial charge is 0.339 e. The Morgan fingerprint density at radius 2 is 2.12 bits per heavy atom. The summed E-state index contributed by atoms with van der Waals surface area (Å²) in [6, 6.07) is 4.25. The first kappa shape index (κ1) is 18.3. The van der Waals surface area contributed by atoms with E-state index in [1.807, 2.05) is 4.90 Å². The van der Waals surface area contributed by atoms with Gasteiger partial charge in [-0.15, -0.1) is 16.4 Å². The molecule has 0 N–H and O–H groups in total. The lowest BCUT2D eigenvalue weighted by Gasteiger charge is -2.34. The second-order valence-corrected chi connectivity index (χ2v) is 8.54. The van der Waals surface area contributed by atoms with Crippen LogP contribution in [0.5, 0.6) is 0 Å². The number of rotatable bonds is 7. The number of nitrogens with zero attached hydrogens (tertiary/aromatic N) is 6. The maximum atomic E-state index is 12.5. The predicted octanol–water partition coefficient (Wildman–Crippen LogP) is 1.83. The van der Waals surface area contributed by atoms with Crippen LogP contribution in [-0.2, 0) is 17.9 Å². The maximum Gasteiger partial charge on any atom is 0.233 e. The zero-order valence-electron chi connectivity index (χ0n) is 14.7. The van der Waals surface area contributed by atoms with Crippen molar-refractivity contribution in [3.63, 3.8) is 0 Å². The molecule has 0 spiro atoms. The molecular formula is C16H24N6OS2. The molecule has 136 valence electrons. The lowest BCUT2D eigenvalue weighted by atomic mass is 10.2. The van der Waals surface area contributed by atoms with Gasteiger partial charge in [0.05, 0.1) is 5.75 Å². The first-order chi connectivity index (χ1) is 12.1. The van der Waals surface area contributed by atoms with Crippen molar-refractivity contribution in [3.8, 4) is 0 Å². The fourth-order valence-corrected chi connectivity index (χ4v) is 4.29. The summed E-state index contributed by atoms with van der Waals surface area (Å²) >= 11 is 3.21. The number of aromatic nitrogens is 4. The second kappa shape index (κ2) is 8.77. The van der Waals surface area contributed by atoms with E-state index in [2.05, 4.69) is 51.8 Å². The summed E-state index contributed by atoms with van der Waals surface area (Å²) in [5.74, 6) is 1.03. The van der Waals surface area contributed by atoms with Crippen molar-refractivity contribution in [2.24, 2.45) is 5.92 Å². The van der Waals surface area contributed by atoms with Gasteiger partial charge in [0.2, 0.25) is 11.1 Å². The molecule has 1 aliphatic heterocycles. The minimum absolute atomic E-state index is 0.167. The quantitative estimate of drug-likeness (QED) is 0.683. The van der Waals surface area contributed by atoms with Gasteiger partial charge in [0.25, 0.3) is 0 Å². The van der Waals surface area contributed by atoms with Gasteiger partial charge in [0.15, 0.2) is 0 Å². The molecule has 1 saturated heterocycles. The van der Waals surface area contributed by atoms with Crippen LogP contribution in [0.15, 0.2) is 22.7 Å². The van der Waals surface area contributed by atoms with Crippen LogP contribution < -0.4 is 0 Å². The van der Waals surface area contributed by atoms with Crippen LogP contribution in [0.25, 0.3) is 0 Å². The summed E-state index contributed by atoms with van der Waals surface area (Å²) in [4.78, 5) is 18.2. The third kappa shape index (κ3) is 5.26. The van der Waals surface area contributed by atoms with E-state index in [1.165, 1.54) is 16.6 Å². The first-order valence-electron chi connectivity index (χ1n) is 8.53. The van der Waals surface area contributed by atoms with Crippen LogP contribution >= 0.6 is 23.1 Å². The fraction of sp³-hybridized carbons (Fsp3) is 0.625. The second-order valence-electron chi connectivity index (χ2n) is 6.56. The van der Waals surface area contributed by atoms with Gasteiger partial charge in [-0.05, 0) is 27.8 Å². The third-order valence-electron chi connectivity index (χ3n) is 4.05. The molecule has 2 aromatic rings. The lowest BCUT2D eigenvalue weighted by molar-refractivity contribution is -0.130. The average molecular weight is 381 g/mol. The number of amides is 1. The van der Waals surface area contributed by atoms with Crippen LogP contribution in [0.2, 0.25) is 0 Å². The molecule has 0 radical (unpaired) electrons. The molecule has 0 aliphatic carbocycles. The van der Waals surface area contributed by atoms with Crippen molar-refractivity contribution in [3.05, 3.63) is 22.4 Å². The molecule has 0 unspecified atom stereocenters. The lowest BCUT2D eigenvalue weighted by Crippen LogP contribution is -2.48. The number of thiophene rings is 1. The van der Waals surface area contributed by atoms with Gasteiger partial charge in [-0.3, -0.25) is 9.69 Å². The molecule has 1 aliphatic rings. The highest BCUT2D eigenvalue weighted by Crippen LogP contribution is 2.17. The predicted molar refractivity (Wildman–Crippen MR) is 99.6 cm³/mol. The Balaban J connectivity index is 1.43. The van der Waals surface area contributed by atoms with E-state index in [0.29, 0.717) is 11.7 Å². The normalized spacial score (nSPS) is 15.9. The smallest absolute Gasteiger partial charge is 0.233 e. The molecule has 3 rings (SSSR count). The van der Waals surface area contributed by atoms with Gasteiger partial charge in [-0.2, -0.15) is 0 Å². The first-order valence-corrected chi connectivity index (χ1v) is 10.4. The summed E-state index contributed by atoms with van der Waals surface area (Å²) in [5.41, 5.74) is 0. The molecule has 0 aromatic carbocycles. The van der Waals surface area contributed by atoms with Crippen molar-refractivity contribution in [1.82, 2.24) is 30.0 Å². The van der Waals surface area contributed by atoms with Crippen LogP contribution in [0, 0.1) is 5.92 Å². The van der Waals surface area contributed by atoms with Crippen LogP contribution in [0.4, 0.5) is 0 Å². The molecule has 25 heavy (non-hydrogen) atoms. The highest BCUT2D eigenvalue weighted by atomic mass is 32.2. The summed E-state index contributed by atoms with van der Waals surface area (Å²) in [6.07, 6.45) is 0. The Labute approximate surface area is 156 Å². The highest BCUT2D eigenvalue weighted by Gasteiger charge is 2.22. The van der Waals surface area contributed by atoms with Gasteiger partial charge < -0.3 is 4.90 Å². The number of thioether (sulfide) groups is 1. The highest BCUT2D eigenvalue weighted by molar-refractivity contribution is 7.99. The monoisotopic (exact) mass is 380 g/mol. The number of hydrogen-bond donors (Lipinski definition) is 0. The number of hydrogen-bond acceptors (Lipinski definition) is 7. The molecule has 1 amide bonds. The Kier molecular flexibility index (Phi) is 6.44. The average Bonchev–Trinajstić information content (AvgIpc) is 3.25. The Morgan fingerprint density at radius 1 is 1.32 bits per heavy atom. The van der Waals surface area contributed by atoms with Crippen molar-refractivity contribution < 1.29 is 4.79 Å². The minimum atomic E-state index is 0.167.